The van der Waals surface area contributed by atoms with Gasteiger partial charge in [-0.05, 0) is 42.3 Å². The number of esters is 1. The second-order valence-corrected chi connectivity index (χ2v) is 7.49. The maximum atomic E-state index is 13.4. The van der Waals surface area contributed by atoms with Crippen LogP contribution in [0.4, 0.5) is 4.39 Å². The molecule has 0 aliphatic carbocycles. The van der Waals surface area contributed by atoms with Crippen molar-refractivity contribution in [3.05, 3.63) is 81.8 Å². The lowest BCUT2D eigenvalue weighted by molar-refractivity contribution is -0.141. The fourth-order valence-electron chi connectivity index (χ4n) is 3.57. The highest BCUT2D eigenvalue weighted by Crippen LogP contribution is 2.37. The van der Waals surface area contributed by atoms with Crippen LogP contribution in [0.3, 0.4) is 0 Å². The first kappa shape index (κ1) is 22.0. The Balaban J connectivity index is 1.91. The number of rotatable bonds is 7. The third kappa shape index (κ3) is 5.07. The molecule has 0 bridgehead atoms. The Kier molecular flexibility index (Phi) is 7.24. The molecule has 0 N–H and O–H groups in total. The first-order valence-corrected chi connectivity index (χ1v) is 9.95. The van der Waals surface area contributed by atoms with Crippen molar-refractivity contribution in [1.82, 2.24) is 4.90 Å². The Hall–Kier alpha value is -2.70. The minimum absolute atomic E-state index is 0.0628. The van der Waals surface area contributed by atoms with E-state index in [-0.39, 0.29) is 18.9 Å². The van der Waals surface area contributed by atoms with Gasteiger partial charge in [0.1, 0.15) is 12.4 Å². The number of hydrogen-bond acceptors (Lipinski definition) is 4. The van der Waals surface area contributed by atoms with Crippen LogP contribution in [-0.2, 0) is 25.7 Å². The third-order valence-corrected chi connectivity index (χ3v) is 5.35. The van der Waals surface area contributed by atoms with E-state index < -0.39 is 17.7 Å². The molecule has 1 atom stereocenters. The number of ether oxygens (including phenoxy) is 2. The van der Waals surface area contributed by atoms with Crippen LogP contribution < -0.4 is 0 Å². The maximum absolute atomic E-state index is 13.4. The van der Waals surface area contributed by atoms with Gasteiger partial charge in [-0.15, -0.1) is 0 Å². The summed E-state index contributed by atoms with van der Waals surface area (Å²) in [6.07, 6.45) is 0.132. The highest BCUT2D eigenvalue weighted by molar-refractivity contribution is 6.30. The first-order valence-electron chi connectivity index (χ1n) is 9.57. The molecule has 1 heterocycles. The number of carbonyl (C=O) groups excluding carboxylic acids is 2. The van der Waals surface area contributed by atoms with E-state index in [9.17, 15) is 14.0 Å². The minimum Gasteiger partial charge on any atom is -0.457 e. The van der Waals surface area contributed by atoms with Crippen LogP contribution in [0, 0.1) is 5.82 Å². The van der Waals surface area contributed by atoms with Gasteiger partial charge in [-0.3, -0.25) is 4.79 Å². The molecule has 3 rings (SSSR count). The smallest absolute Gasteiger partial charge is 0.336 e. The first-order chi connectivity index (χ1) is 14.4. The number of nitrogens with zero attached hydrogens (tertiary/aromatic N) is 1. The molecule has 0 saturated carbocycles. The van der Waals surface area contributed by atoms with Crippen molar-refractivity contribution in [3.8, 4) is 0 Å². The van der Waals surface area contributed by atoms with Crippen LogP contribution in [0.5, 0.6) is 0 Å². The topological polar surface area (TPSA) is 55.8 Å². The van der Waals surface area contributed by atoms with Crippen LogP contribution >= 0.6 is 11.6 Å². The van der Waals surface area contributed by atoms with Gasteiger partial charge in [0.15, 0.2) is 0 Å². The average molecular weight is 432 g/mol. The summed E-state index contributed by atoms with van der Waals surface area (Å²) in [7, 11) is 1.55. The Labute approximate surface area is 180 Å². The number of carbonyl (C=O) groups is 2. The normalized spacial score (nSPS) is 16.7. The van der Waals surface area contributed by atoms with Crippen molar-refractivity contribution in [2.75, 3.05) is 20.3 Å². The molecule has 0 fully saturated rings. The number of benzene rings is 2. The summed E-state index contributed by atoms with van der Waals surface area (Å²) in [5.41, 5.74) is 2.29. The lowest BCUT2D eigenvalue weighted by Crippen LogP contribution is -2.40. The predicted octanol–water partition coefficient (Wildman–Crippen LogP) is 4.46. The molecule has 5 nitrogen and oxygen atoms in total. The van der Waals surface area contributed by atoms with Gasteiger partial charge in [0.25, 0.3) is 0 Å². The molecular formula is C23H23ClFNO4. The van der Waals surface area contributed by atoms with Crippen LogP contribution in [0.1, 0.15) is 30.4 Å². The molecular weight excluding hydrogens is 409 g/mol. The van der Waals surface area contributed by atoms with Crippen molar-refractivity contribution >= 4 is 23.5 Å². The number of hydrogen-bond donors (Lipinski definition) is 0. The van der Waals surface area contributed by atoms with Crippen LogP contribution in [-0.4, -0.2) is 37.0 Å². The SMILES string of the molecule is COCCN1C(=O)CC(c2ccc(Cl)cc2)C(C(=O)OCc2cccc(F)c2)=C1C. The molecule has 1 amide bonds. The molecule has 0 aromatic heterocycles. The molecule has 2 aromatic carbocycles. The van der Waals surface area contributed by atoms with Gasteiger partial charge in [-0.1, -0.05) is 35.9 Å². The van der Waals surface area contributed by atoms with E-state index in [0.29, 0.717) is 35.0 Å². The van der Waals surface area contributed by atoms with E-state index >= 15 is 0 Å². The van der Waals surface area contributed by atoms with E-state index in [4.69, 9.17) is 21.1 Å². The molecule has 30 heavy (non-hydrogen) atoms. The molecule has 7 heteroatoms. The lowest BCUT2D eigenvalue weighted by Gasteiger charge is -2.34. The molecule has 0 spiro atoms. The minimum atomic E-state index is -0.536. The summed E-state index contributed by atoms with van der Waals surface area (Å²) in [5.74, 6) is -1.47. The van der Waals surface area contributed by atoms with E-state index in [1.165, 1.54) is 12.1 Å². The zero-order chi connectivity index (χ0) is 21.7. The quantitative estimate of drug-likeness (QED) is 0.607. The predicted molar refractivity (Wildman–Crippen MR) is 111 cm³/mol. The van der Waals surface area contributed by atoms with Crippen LogP contribution in [0.15, 0.2) is 59.8 Å². The summed E-state index contributed by atoms with van der Waals surface area (Å²) in [6.45, 7) is 2.36. The second-order valence-electron chi connectivity index (χ2n) is 7.05. The van der Waals surface area contributed by atoms with E-state index in [0.717, 1.165) is 5.56 Å². The van der Waals surface area contributed by atoms with Gasteiger partial charge >= 0.3 is 5.97 Å². The van der Waals surface area contributed by atoms with E-state index in [2.05, 4.69) is 0 Å². The summed E-state index contributed by atoms with van der Waals surface area (Å²) in [5, 5.41) is 0.568. The van der Waals surface area contributed by atoms with Gasteiger partial charge in [0.2, 0.25) is 5.91 Å². The molecule has 1 aliphatic heterocycles. The average Bonchev–Trinajstić information content (AvgIpc) is 2.72. The third-order valence-electron chi connectivity index (χ3n) is 5.09. The Morgan fingerprint density at radius 3 is 2.63 bits per heavy atom. The lowest BCUT2D eigenvalue weighted by atomic mass is 9.83. The van der Waals surface area contributed by atoms with Gasteiger partial charge in [-0.25, -0.2) is 9.18 Å². The van der Waals surface area contributed by atoms with Gasteiger partial charge in [0.05, 0.1) is 12.2 Å². The zero-order valence-corrected chi connectivity index (χ0v) is 17.6. The van der Waals surface area contributed by atoms with Crippen molar-refractivity contribution in [3.63, 3.8) is 0 Å². The number of halogens is 2. The van der Waals surface area contributed by atoms with Crippen LogP contribution in [0.25, 0.3) is 0 Å². The van der Waals surface area contributed by atoms with Crippen molar-refractivity contribution in [1.29, 1.82) is 0 Å². The molecule has 2 aromatic rings. The van der Waals surface area contributed by atoms with E-state index in [1.807, 2.05) is 0 Å². The summed E-state index contributed by atoms with van der Waals surface area (Å²) in [4.78, 5) is 27.4. The van der Waals surface area contributed by atoms with Crippen molar-refractivity contribution in [2.24, 2.45) is 0 Å². The summed E-state index contributed by atoms with van der Waals surface area (Å²) < 4.78 is 24.0. The zero-order valence-electron chi connectivity index (χ0n) is 16.9. The van der Waals surface area contributed by atoms with Crippen molar-refractivity contribution < 1.29 is 23.5 Å². The number of methoxy groups -OCH3 is 1. The molecule has 0 radical (unpaired) electrons. The van der Waals surface area contributed by atoms with Crippen molar-refractivity contribution in [2.45, 2.75) is 25.9 Å². The second kappa shape index (κ2) is 9.87. The fourth-order valence-corrected chi connectivity index (χ4v) is 3.70. The largest absolute Gasteiger partial charge is 0.457 e. The van der Waals surface area contributed by atoms with E-state index in [1.54, 1.807) is 55.3 Å². The molecule has 1 aliphatic rings. The Morgan fingerprint density at radius 2 is 1.97 bits per heavy atom. The van der Waals surface area contributed by atoms with Gasteiger partial charge in [0, 0.05) is 36.7 Å². The van der Waals surface area contributed by atoms with Crippen LogP contribution in [0.2, 0.25) is 5.02 Å². The monoisotopic (exact) mass is 431 g/mol. The Bertz CT molecular complexity index is 958. The molecule has 158 valence electrons. The number of allylic oxidation sites excluding steroid dienone is 1. The standard InChI is InChI=1S/C23H23ClFNO4/c1-15-22(23(28)30-14-16-4-3-5-19(25)12-16)20(17-6-8-18(24)9-7-17)13-21(27)26(15)10-11-29-2/h3-9,12,20H,10-11,13-14H2,1-2H3. The highest BCUT2D eigenvalue weighted by Gasteiger charge is 2.36. The fraction of sp³-hybridized carbons (Fsp3) is 0.304. The molecule has 1 unspecified atom stereocenters. The molecule has 0 saturated heterocycles. The maximum Gasteiger partial charge on any atom is 0.336 e. The highest BCUT2D eigenvalue weighted by atomic mass is 35.5. The summed E-state index contributed by atoms with van der Waals surface area (Å²) >= 11 is 5.99. The summed E-state index contributed by atoms with van der Waals surface area (Å²) in [6, 6.07) is 13.0. The Morgan fingerprint density at radius 1 is 1.23 bits per heavy atom. The van der Waals surface area contributed by atoms with Gasteiger partial charge in [-0.2, -0.15) is 0 Å². The number of amides is 1. The van der Waals surface area contributed by atoms with Gasteiger partial charge < -0.3 is 14.4 Å².